The monoisotopic (exact) mass is 257 g/mol. The summed E-state index contributed by atoms with van der Waals surface area (Å²) < 4.78 is 5.03. The molecule has 92 valence electrons. The van der Waals surface area contributed by atoms with Crippen LogP contribution >= 0.6 is 11.6 Å². The molecular formula is C11H12ClNO4. The van der Waals surface area contributed by atoms with Gasteiger partial charge in [0, 0.05) is 12.6 Å². The van der Waals surface area contributed by atoms with E-state index in [1.807, 2.05) is 0 Å². The lowest BCUT2D eigenvalue weighted by atomic mass is 10.0. The predicted octanol–water partition coefficient (Wildman–Crippen LogP) is 1.87. The van der Waals surface area contributed by atoms with Crippen molar-refractivity contribution < 1.29 is 19.1 Å². The quantitative estimate of drug-likeness (QED) is 0.878. The highest BCUT2D eigenvalue weighted by Crippen LogP contribution is 2.26. The maximum Gasteiger partial charge on any atom is 0.308 e. The third kappa shape index (κ3) is 2.15. The van der Waals surface area contributed by atoms with Gasteiger partial charge < -0.3 is 14.4 Å². The van der Waals surface area contributed by atoms with E-state index in [2.05, 4.69) is 0 Å². The van der Waals surface area contributed by atoms with E-state index >= 15 is 0 Å². The second-order valence-corrected chi connectivity index (χ2v) is 4.45. The Kier molecular flexibility index (Phi) is 3.11. The van der Waals surface area contributed by atoms with Crippen LogP contribution < -0.4 is 0 Å². The molecule has 2 unspecified atom stereocenters. The molecule has 0 saturated carbocycles. The number of hydrogen-bond donors (Lipinski definition) is 1. The lowest BCUT2D eigenvalue weighted by molar-refractivity contribution is -0.142. The van der Waals surface area contributed by atoms with Crippen molar-refractivity contribution in [3.05, 3.63) is 23.1 Å². The first-order chi connectivity index (χ1) is 8.00. The Bertz CT molecular complexity index is 456. The Morgan fingerprint density at radius 1 is 1.53 bits per heavy atom. The van der Waals surface area contributed by atoms with Gasteiger partial charge in [0.25, 0.3) is 5.91 Å². The van der Waals surface area contributed by atoms with Gasteiger partial charge in [0.2, 0.25) is 0 Å². The zero-order chi connectivity index (χ0) is 12.6. The molecule has 0 aromatic carbocycles. The number of likely N-dealkylation sites (tertiary alicyclic amines) is 1. The molecule has 0 aliphatic carbocycles. The van der Waals surface area contributed by atoms with Crippen molar-refractivity contribution in [1.29, 1.82) is 0 Å². The van der Waals surface area contributed by atoms with Gasteiger partial charge in [-0.1, -0.05) is 0 Å². The molecule has 6 heteroatoms. The van der Waals surface area contributed by atoms with Crippen LogP contribution in [0.2, 0.25) is 5.22 Å². The topological polar surface area (TPSA) is 70.8 Å². The van der Waals surface area contributed by atoms with Gasteiger partial charge in [-0.15, -0.1) is 0 Å². The Hall–Kier alpha value is -1.49. The number of rotatable bonds is 2. The van der Waals surface area contributed by atoms with Crippen LogP contribution in [0.3, 0.4) is 0 Å². The molecule has 0 radical (unpaired) electrons. The number of nitrogens with zero attached hydrogens (tertiary/aromatic N) is 1. The number of hydrogen-bond acceptors (Lipinski definition) is 3. The molecule has 17 heavy (non-hydrogen) atoms. The molecule has 2 rings (SSSR count). The van der Waals surface area contributed by atoms with Crippen LogP contribution in [0.1, 0.15) is 23.9 Å². The van der Waals surface area contributed by atoms with Gasteiger partial charge in [-0.3, -0.25) is 9.59 Å². The van der Waals surface area contributed by atoms with E-state index in [0.717, 1.165) is 0 Å². The number of amides is 1. The molecule has 1 aliphatic heterocycles. The number of carboxylic acid groups (broad SMARTS) is 1. The van der Waals surface area contributed by atoms with Crippen LogP contribution in [0.15, 0.2) is 16.5 Å². The number of carbonyl (C=O) groups is 2. The van der Waals surface area contributed by atoms with Crippen LogP contribution in [0.5, 0.6) is 0 Å². The molecule has 1 saturated heterocycles. The first kappa shape index (κ1) is 12.0. The highest BCUT2D eigenvalue weighted by Gasteiger charge is 2.39. The Morgan fingerprint density at radius 2 is 2.24 bits per heavy atom. The summed E-state index contributed by atoms with van der Waals surface area (Å²) in [5.74, 6) is -1.55. The minimum Gasteiger partial charge on any atom is -0.481 e. The SMILES string of the molecule is CC1C(C(=O)O)CCN1C(=O)c1ccc(Cl)o1. The summed E-state index contributed by atoms with van der Waals surface area (Å²) in [6.07, 6.45) is 0.469. The molecule has 1 N–H and O–H groups in total. The summed E-state index contributed by atoms with van der Waals surface area (Å²) >= 11 is 5.60. The summed E-state index contributed by atoms with van der Waals surface area (Å²) in [6, 6.07) is 2.65. The van der Waals surface area contributed by atoms with Gasteiger partial charge in [0.15, 0.2) is 11.0 Å². The van der Waals surface area contributed by atoms with Crippen molar-refractivity contribution in [1.82, 2.24) is 4.90 Å². The third-order valence-electron chi connectivity index (χ3n) is 3.12. The van der Waals surface area contributed by atoms with E-state index in [4.69, 9.17) is 21.1 Å². The molecule has 0 bridgehead atoms. The van der Waals surface area contributed by atoms with E-state index < -0.39 is 11.9 Å². The van der Waals surface area contributed by atoms with Gasteiger partial charge in [-0.25, -0.2) is 0 Å². The highest BCUT2D eigenvalue weighted by molar-refractivity contribution is 6.29. The van der Waals surface area contributed by atoms with Crippen molar-refractivity contribution in [2.45, 2.75) is 19.4 Å². The largest absolute Gasteiger partial charge is 0.481 e. The second kappa shape index (κ2) is 4.41. The zero-order valence-corrected chi connectivity index (χ0v) is 9.98. The highest BCUT2D eigenvalue weighted by atomic mass is 35.5. The maximum atomic E-state index is 12.0. The molecule has 1 aromatic heterocycles. The van der Waals surface area contributed by atoms with Crippen LogP contribution in [0.25, 0.3) is 0 Å². The summed E-state index contributed by atoms with van der Waals surface area (Å²) in [5, 5.41) is 9.12. The van der Waals surface area contributed by atoms with Gasteiger partial charge in [0.1, 0.15) is 0 Å². The second-order valence-electron chi connectivity index (χ2n) is 4.08. The smallest absolute Gasteiger partial charge is 0.308 e. The number of carboxylic acids is 1. The summed E-state index contributed by atoms with van der Waals surface area (Å²) in [7, 11) is 0. The number of carbonyl (C=O) groups excluding carboxylic acids is 1. The maximum absolute atomic E-state index is 12.0. The van der Waals surface area contributed by atoms with E-state index in [9.17, 15) is 9.59 Å². The van der Waals surface area contributed by atoms with Crippen LogP contribution in [-0.2, 0) is 4.79 Å². The molecular weight excluding hydrogens is 246 g/mol. The summed E-state index contributed by atoms with van der Waals surface area (Å²) in [5.41, 5.74) is 0. The predicted molar refractivity (Wildman–Crippen MR) is 60.0 cm³/mol. The Labute approximate surface area is 103 Å². The fourth-order valence-corrected chi connectivity index (χ4v) is 2.27. The Balaban J connectivity index is 2.14. The molecule has 1 amide bonds. The lowest BCUT2D eigenvalue weighted by Crippen LogP contribution is -2.37. The molecule has 1 aromatic rings. The zero-order valence-electron chi connectivity index (χ0n) is 9.22. The van der Waals surface area contributed by atoms with Gasteiger partial charge in [-0.05, 0) is 37.1 Å². The van der Waals surface area contributed by atoms with Gasteiger partial charge in [0.05, 0.1) is 5.92 Å². The molecule has 1 fully saturated rings. The average Bonchev–Trinajstić information content (AvgIpc) is 2.83. The van der Waals surface area contributed by atoms with Crippen molar-refractivity contribution in [2.75, 3.05) is 6.54 Å². The molecule has 5 nitrogen and oxygen atoms in total. The average molecular weight is 258 g/mol. The first-order valence-corrected chi connectivity index (χ1v) is 5.67. The minimum absolute atomic E-state index is 0.146. The van der Waals surface area contributed by atoms with E-state index in [1.165, 1.54) is 17.0 Å². The summed E-state index contributed by atoms with van der Waals surface area (Å²) in [6.45, 7) is 2.16. The van der Waals surface area contributed by atoms with Crippen molar-refractivity contribution in [2.24, 2.45) is 5.92 Å². The van der Waals surface area contributed by atoms with Crippen molar-refractivity contribution >= 4 is 23.5 Å². The minimum atomic E-state index is -0.870. The van der Waals surface area contributed by atoms with E-state index in [0.29, 0.717) is 13.0 Å². The standard InChI is InChI=1S/C11H12ClNO4/c1-6-7(11(15)16)4-5-13(6)10(14)8-2-3-9(12)17-8/h2-3,6-7H,4-5H2,1H3,(H,15,16). The molecule has 1 aliphatic rings. The van der Waals surface area contributed by atoms with E-state index in [-0.39, 0.29) is 22.9 Å². The van der Waals surface area contributed by atoms with Crippen LogP contribution in [0.4, 0.5) is 0 Å². The fourth-order valence-electron chi connectivity index (χ4n) is 2.13. The van der Waals surface area contributed by atoms with E-state index in [1.54, 1.807) is 6.92 Å². The summed E-state index contributed by atoms with van der Waals surface area (Å²) in [4.78, 5) is 24.5. The third-order valence-corrected chi connectivity index (χ3v) is 3.32. The fraction of sp³-hybridized carbons (Fsp3) is 0.455. The van der Waals surface area contributed by atoms with Crippen LogP contribution in [-0.4, -0.2) is 34.5 Å². The number of aliphatic carboxylic acids is 1. The molecule has 2 heterocycles. The van der Waals surface area contributed by atoms with Crippen LogP contribution in [0, 0.1) is 5.92 Å². The number of halogens is 1. The molecule has 2 atom stereocenters. The Morgan fingerprint density at radius 3 is 2.71 bits per heavy atom. The van der Waals surface area contributed by atoms with Gasteiger partial charge >= 0.3 is 5.97 Å². The first-order valence-electron chi connectivity index (χ1n) is 5.30. The van der Waals surface area contributed by atoms with Gasteiger partial charge in [-0.2, -0.15) is 0 Å². The molecule has 0 spiro atoms. The number of furan rings is 1. The normalized spacial score (nSPS) is 24.0. The van der Waals surface area contributed by atoms with Crippen molar-refractivity contribution in [3.63, 3.8) is 0 Å². The lowest BCUT2D eigenvalue weighted by Gasteiger charge is -2.22. The van der Waals surface area contributed by atoms with Crippen molar-refractivity contribution in [3.8, 4) is 0 Å².